The van der Waals surface area contributed by atoms with Crippen LogP contribution in [0.25, 0.3) is 0 Å². The maximum atomic E-state index is 6.12. The molecule has 2 aromatic rings. The fourth-order valence-electron chi connectivity index (χ4n) is 2.71. The number of hydrogen-bond donors (Lipinski definition) is 0. The summed E-state index contributed by atoms with van der Waals surface area (Å²) in [6.07, 6.45) is -0.240. The van der Waals surface area contributed by atoms with E-state index in [-0.39, 0.29) is 12.9 Å². The van der Waals surface area contributed by atoms with Gasteiger partial charge in [-0.15, -0.1) is 0 Å². The van der Waals surface area contributed by atoms with Crippen LogP contribution < -0.4 is 14.2 Å². The molecule has 2 aromatic carbocycles. The standard InChI is InChI=1S/C17H17NO4/c1-18-7-8-19-14-10-16-15(20-11-21-16)9-13(14)17(22-18)12-5-3-2-4-6-12/h2-6,9-10,17H,7-8,11H2,1H3. The van der Waals surface area contributed by atoms with E-state index in [4.69, 9.17) is 19.0 Å². The molecule has 2 heterocycles. The molecular formula is C17H17NO4. The Labute approximate surface area is 128 Å². The summed E-state index contributed by atoms with van der Waals surface area (Å²) in [5.74, 6) is 2.24. The van der Waals surface area contributed by atoms with Gasteiger partial charge < -0.3 is 14.2 Å². The van der Waals surface area contributed by atoms with Crippen molar-refractivity contribution in [3.05, 3.63) is 53.6 Å². The third-order valence-electron chi connectivity index (χ3n) is 3.84. The fourth-order valence-corrected chi connectivity index (χ4v) is 2.71. The normalized spacial score (nSPS) is 20.7. The van der Waals surface area contributed by atoms with Crippen LogP contribution in [0, 0.1) is 0 Å². The molecule has 4 rings (SSSR count). The number of nitrogens with zero attached hydrogens (tertiary/aromatic N) is 1. The highest BCUT2D eigenvalue weighted by molar-refractivity contribution is 5.54. The third kappa shape index (κ3) is 2.38. The second kappa shape index (κ2) is 5.51. The Kier molecular flexibility index (Phi) is 3.36. The molecule has 0 aliphatic carbocycles. The molecular weight excluding hydrogens is 282 g/mol. The highest BCUT2D eigenvalue weighted by atomic mass is 16.7. The quantitative estimate of drug-likeness (QED) is 0.810. The Bertz CT molecular complexity index is 674. The van der Waals surface area contributed by atoms with Crippen molar-refractivity contribution < 1.29 is 19.0 Å². The Hall–Kier alpha value is -2.24. The number of benzene rings is 2. The minimum Gasteiger partial charge on any atom is -0.492 e. The van der Waals surface area contributed by atoms with Crippen molar-refractivity contribution in [3.8, 4) is 17.2 Å². The molecule has 0 saturated carbocycles. The molecule has 0 bridgehead atoms. The van der Waals surface area contributed by atoms with Gasteiger partial charge in [0.2, 0.25) is 6.79 Å². The molecule has 114 valence electrons. The van der Waals surface area contributed by atoms with Gasteiger partial charge >= 0.3 is 0 Å². The first-order valence-corrected chi connectivity index (χ1v) is 7.30. The fraction of sp³-hybridized carbons (Fsp3) is 0.294. The molecule has 2 aliphatic rings. The Morgan fingerprint density at radius 2 is 1.73 bits per heavy atom. The monoisotopic (exact) mass is 299 g/mol. The van der Waals surface area contributed by atoms with E-state index >= 15 is 0 Å². The van der Waals surface area contributed by atoms with E-state index in [2.05, 4.69) is 12.1 Å². The molecule has 0 aromatic heterocycles. The maximum absolute atomic E-state index is 6.12. The molecule has 2 aliphatic heterocycles. The van der Waals surface area contributed by atoms with E-state index in [0.29, 0.717) is 13.2 Å². The van der Waals surface area contributed by atoms with Crippen LogP contribution in [-0.2, 0) is 4.84 Å². The molecule has 22 heavy (non-hydrogen) atoms. The van der Waals surface area contributed by atoms with Crippen molar-refractivity contribution in [1.82, 2.24) is 5.06 Å². The van der Waals surface area contributed by atoms with E-state index in [9.17, 15) is 0 Å². The summed E-state index contributed by atoms with van der Waals surface area (Å²) in [4.78, 5) is 6.12. The topological polar surface area (TPSA) is 40.2 Å². The molecule has 0 saturated heterocycles. The highest BCUT2D eigenvalue weighted by Crippen LogP contribution is 2.43. The molecule has 5 heteroatoms. The average Bonchev–Trinajstić information content (AvgIpc) is 2.98. The maximum Gasteiger partial charge on any atom is 0.231 e. The lowest BCUT2D eigenvalue weighted by Gasteiger charge is -2.29. The second-order valence-electron chi connectivity index (χ2n) is 5.34. The van der Waals surface area contributed by atoms with Crippen molar-refractivity contribution in [3.63, 3.8) is 0 Å². The first kappa shape index (κ1) is 13.4. The molecule has 0 amide bonds. The summed E-state index contributed by atoms with van der Waals surface area (Å²) < 4.78 is 16.9. The molecule has 1 unspecified atom stereocenters. The van der Waals surface area contributed by atoms with Crippen LogP contribution in [0.15, 0.2) is 42.5 Å². The van der Waals surface area contributed by atoms with Gasteiger partial charge in [0.05, 0.1) is 6.54 Å². The Morgan fingerprint density at radius 3 is 2.55 bits per heavy atom. The summed E-state index contributed by atoms with van der Waals surface area (Å²) in [6.45, 7) is 1.50. The number of likely N-dealkylation sites (N-methyl/N-ethyl adjacent to an activating group) is 1. The Balaban J connectivity index is 1.83. The van der Waals surface area contributed by atoms with Gasteiger partial charge in [0.1, 0.15) is 18.5 Å². The molecule has 0 radical (unpaired) electrons. The van der Waals surface area contributed by atoms with Crippen LogP contribution in [0.3, 0.4) is 0 Å². The Morgan fingerprint density at radius 1 is 0.955 bits per heavy atom. The van der Waals surface area contributed by atoms with Crippen molar-refractivity contribution in [2.45, 2.75) is 6.10 Å². The SMILES string of the molecule is CN1CCOc2cc3c(cc2C(c2ccccc2)O1)OCO3. The van der Waals surface area contributed by atoms with Gasteiger partial charge in [0, 0.05) is 18.7 Å². The van der Waals surface area contributed by atoms with Crippen molar-refractivity contribution in [2.75, 3.05) is 27.0 Å². The van der Waals surface area contributed by atoms with Crippen LogP contribution >= 0.6 is 0 Å². The number of hydroxylamine groups is 2. The first-order chi connectivity index (χ1) is 10.8. The van der Waals surface area contributed by atoms with Crippen molar-refractivity contribution >= 4 is 0 Å². The van der Waals surface area contributed by atoms with E-state index in [1.54, 1.807) is 0 Å². The van der Waals surface area contributed by atoms with Crippen LogP contribution in [0.5, 0.6) is 17.2 Å². The zero-order valence-electron chi connectivity index (χ0n) is 12.3. The predicted molar refractivity (Wildman–Crippen MR) is 80.1 cm³/mol. The lowest BCUT2D eigenvalue weighted by molar-refractivity contribution is -0.178. The minimum atomic E-state index is -0.240. The van der Waals surface area contributed by atoms with Gasteiger partial charge in [-0.3, -0.25) is 4.84 Å². The summed E-state index contributed by atoms with van der Waals surface area (Å²) >= 11 is 0. The number of fused-ring (bicyclic) bond motifs is 2. The zero-order chi connectivity index (χ0) is 14.9. The van der Waals surface area contributed by atoms with Gasteiger partial charge in [-0.05, 0) is 11.6 Å². The van der Waals surface area contributed by atoms with E-state index in [1.807, 2.05) is 42.4 Å². The van der Waals surface area contributed by atoms with E-state index in [0.717, 1.165) is 28.4 Å². The summed E-state index contributed by atoms with van der Waals surface area (Å²) in [5.41, 5.74) is 2.02. The molecule has 0 N–H and O–H groups in total. The molecule has 0 fully saturated rings. The summed E-state index contributed by atoms with van der Waals surface area (Å²) in [7, 11) is 1.91. The zero-order valence-corrected chi connectivity index (χ0v) is 12.3. The average molecular weight is 299 g/mol. The van der Waals surface area contributed by atoms with E-state index < -0.39 is 0 Å². The van der Waals surface area contributed by atoms with Gasteiger partial charge in [0.25, 0.3) is 0 Å². The summed E-state index contributed by atoms with van der Waals surface area (Å²) in [6, 6.07) is 13.9. The van der Waals surface area contributed by atoms with Crippen LogP contribution in [0.2, 0.25) is 0 Å². The van der Waals surface area contributed by atoms with Crippen LogP contribution in [-0.4, -0.2) is 32.1 Å². The number of hydrogen-bond acceptors (Lipinski definition) is 5. The predicted octanol–water partition coefficient (Wildman–Crippen LogP) is 2.76. The van der Waals surface area contributed by atoms with Crippen molar-refractivity contribution in [2.24, 2.45) is 0 Å². The number of ether oxygens (including phenoxy) is 3. The summed E-state index contributed by atoms with van der Waals surface area (Å²) in [5, 5.41) is 1.81. The number of rotatable bonds is 1. The highest BCUT2D eigenvalue weighted by Gasteiger charge is 2.27. The molecule has 5 nitrogen and oxygen atoms in total. The lowest BCUT2D eigenvalue weighted by Crippen LogP contribution is -2.29. The molecule has 0 spiro atoms. The minimum absolute atomic E-state index is 0.240. The third-order valence-corrected chi connectivity index (χ3v) is 3.84. The van der Waals surface area contributed by atoms with Gasteiger partial charge in [0.15, 0.2) is 11.5 Å². The largest absolute Gasteiger partial charge is 0.492 e. The van der Waals surface area contributed by atoms with E-state index in [1.165, 1.54) is 0 Å². The van der Waals surface area contributed by atoms with Gasteiger partial charge in [-0.2, -0.15) is 5.06 Å². The first-order valence-electron chi connectivity index (χ1n) is 7.30. The smallest absolute Gasteiger partial charge is 0.231 e. The van der Waals surface area contributed by atoms with Gasteiger partial charge in [-0.1, -0.05) is 30.3 Å². The van der Waals surface area contributed by atoms with Crippen LogP contribution in [0.4, 0.5) is 0 Å². The van der Waals surface area contributed by atoms with Gasteiger partial charge in [-0.25, -0.2) is 0 Å². The lowest BCUT2D eigenvalue weighted by atomic mass is 10.00. The molecule has 1 atom stereocenters. The van der Waals surface area contributed by atoms with Crippen molar-refractivity contribution in [1.29, 1.82) is 0 Å². The second-order valence-corrected chi connectivity index (χ2v) is 5.34. The van der Waals surface area contributed by atoms with Crippen LogP contribution in [0.1, 0.15) is 17.2 Å².